The Morgan fingerprint density at radius 2 is 1.86 bits per heavy atom. The number of esters is 1. The third-order valence-electron chi connectivity index (χ3n) is 10.4. The predicted molar refractivity (Wildman–Crippen MR) is 132 cm³/mol. The maximum absolute atomic E-state index is 12.3. The number of carbonyl (C=O) groups excluding carboxylic acids is 1. The Balaban J connectivity index is 1.32. The second-order valence-corrected chi connectivity index (χ2v) is 12.0. The molecule has 1 aromatic heterocycles. The fraction of sp³-hybridized carbons (Fsp3) is 0.690. The summed E-state index contributed by atoms with van der Waals surface area (Å²) in [6.07, 6.45) is 11.0. The Morgan fingerprint density at radius 3 is 2.58 bits per heavy atom. The van der Waals surface area contributed by atoms with Crippen LogP contribution in [0.4, 0.5) is 0 Å². The first-order chi connectivity index (χ1) is 17.1. The van der Waals surface area contributed by atoms with E-state index in [0.29, 0.717) is 12.3 Å². The Morgan fingerprint density at radius 1 is 1.06 bits per heavy atom. The van der Waals surface area contributed by atoms with Gasteiger partial charge >= 0.3 is 17.6 Å². The van der Waals surface area contributed by atoms with Gasteiger partial charge in [-0.15, -0.1) is 0 Å². The smallest absolute Gasteiger partial charge is 0.335 e. The largest absolute Gasteiger partial charge is 0.481 e. The molecule has 0 bridgehead atoms. The highest BCUT2D eigenvalue weighted by molar-refractivity contribution is 5.71. The Kier molecular flexibility index (Phi) is 6.42. The van der Waals surface area contributed by atoms with Crippen molar-refractivity contribution < 1.29 is 29.0 Å². The molecule has 7 atom stereocenters. The summed E-state index contributed by atoms with van der Waals surface area (Å²) in [5.74, 6) is -0.450. The van der Waals surface area contributed by atoms with E-state index in [4.69, 9.17) is 14.3 Å². The highest BCUT2D eigenvalue weighted by atomic mass is 16.5. The average molecular weight is 499 g/mol. The number of carbonyl (C=O) groups is 2. The number of fused-ring (bicyclic) bond motifs is 5. The summed E-state index contributed by atoms with van der Waals surface area (Å²) in [5.41, 5.74) is 1.00. The number of aliphatic carboxylic acids is 1. The van der Waals surface area contributed by atoms with Gasteiger partial charge in [-0.1, -0.05) is 19.4 Å². The SMILES string of the molecule is C[C@]12CC[C@H](OC(=O)CCCC(=O)O)C=C1CC[C@@H]1[C@@H]2CC[C@]2(C)[C@@H](c3ccc(=O)oc3)CC[C@]12O. The molecule has 4 aliphatic carbocycles. The molecule has 0 amide bonds. The lowest BCUT2D eigenvalue weighted by molar-refractivity contribution is -0.178. The van der Waals surface area contributed by atoms with Gasteiger partial charge in [-0.25, -0.2) is 4.79 Å². The summed E-state index contributed by atoms with van der Waals surface area (Å²) >= 11 is 0. The topological polar surface area (TPSA) is 114 Å². The van der Waals surface area contributed by atoms with Gasteiger partial charge in [-0.05, 0) is 98.7 Å². The molecule has 0 unspecified atom stereocenters. The van der Waals surface area contributed by atoms with Gasteiger partial charge < -0.3 is 19.4 Å². The summed E-state index contributed by atoms with van der Waals surface area (Å²) in [6.45, 7) is 4.57. The van der Waals surface area contributed by atoms with Crippen molar-refractivity contribution in [3.63, 3.8) is 0 Å². The van der Waals surface area contributed by atoms with Crippen LogP contribution in [-0.2, 0) is 14.3 Å². The molecule has 1 heterocycles. The van der Waals surface area contributed by atoms with E-state index in [0.717, 1.165) is 56.9 Å². The molecule has 0 spiro atoms. The van der Waals surface area contributed by atoms with Crippen molar-refractivity contribution in [2.75, 3.05) is 0 Å². The summed E-state index contributed by atoms with van der Waals surface area (Å²) in [6, 6.07) is 3.35. The van der Waals surface area contributed by atoms with E-state index < -0.39 is 11.6 Å². The van der Waals surface area contributed by atoms with Crippen LogP contribution in [0.1, 0.15) is 96.0 Å². The summed E-state index contributed by atoms with van der Waals surface area (Å²) in [4.78, 5) is 34.4. The molecule has 3 saturated carbocycles. The molecule has 0 aliphatic heterocycles. The summed E-state index contributed by atoms with van der Waals surface area (Å²) in [7, 11) is 0. The first-order valence-electron chi connectivity index (χ1n) is 13.5. The van der Waals surface area contributed by atoms with Crippen molar-refractivity contribution in [2.45, 2.75) is 102 Å². The molecule has 36 heavy (non-hydrogen) atoms. The van der Waals surface area contributed by atoms with Gasteiger partial charge in [-0.3, -0.25) is 9.59 Å². The van der Waals surface area contributed by atoms with Crippen LogP contribution in [0.2, 0.25) is 0 Å². The second-order valence-electron chi connectivity index (χ2n) is 12.0. The summed E-state index contributed by atoms with van der Waals surface area (Å²) < 4.78 is 10.9. The lowest BCUT2D eigenvalue weighted by atomic mass is 9.45. The van der Waals surface area contributed by atoms with Crippen molar-refractivity contribution >= 4 is 11.9 Å². The number of carboxylic acid groups (broad SMARTS) is 1. The molecule has 196 valence electrons. The standard InChI is InChI=1S/C29H38O7/c1-27-13-10-20(36-26(33)5-3-4-24(30)31)16-19(27)7-8-23-22(27)11-14-28(2)21(12-15-29(23,28)34)18-6-9-25(32)35-17-18/h6,9,16-17,20-23,34H,3-5,7-8,10-15H2,1-2H3,(H,30,31)/t20-,21+,22-,23+,27-,28+,29-/m0/s1. The van der Waals surface area contributed by atoms with Gasteiger partial charge in [0, 0.05) is 24.3 Å². The van der Waals surface area contributed by atoms with Crippen molar-refractivity contribution in [1.29, 1.82) is 0 Å². The number of carboxylic acids is 1. The molecular weight excluding hydrogens is 460 g/mol. The van der Waals surface area contributed by atoms with Crippen LogP contribution in [0, 0.1) is 22.7 Å². The molecule has 0 aromatic carbocycles. The fourth-order valence-electron chi connectivity index (χ4n) is 8.47. The highest BCUT2D eigenvalue weighted by Crippen LogP contribution is 2.70. The van der Waals surface area contributed by atoms with E-state index in [1.807, 2.05) is 6.07 Å². The van der Waals surface area contributed by atoms with Crippen LogP contribution in [-0.4, -0.2) is 33.9 Å². The van der Waals surface area contributed by atoms with Crippen LogP contribution in [0.3, 0.4) is 0 Å². The molecule has 5 rings (SSSR count). The molecular formula is C29H38O7. The minimum atomic E-state index is -0.899. The van der Waals surface area contributed by atoms with Gasteiger partial charge in [0.1, 0.15) is 6.10 Å². The quantitative estimate of drug-likeness (QED) is 0.420. The van der Waals surface area contributed by atoms with Gasteiger partial charge in [0.2, 0.25) is 0 Å². The third-order valence-corrected chi connectivity index (χ3v) is 10.4. The number of ether oxygens (including phenoxy) is 1. The Bertz CT molecular complexity index is 1100. The molecule has 0 saturated heterocycles. The van der Waals surface area contributed by atoms with Crippen molar-refractivity contribution in [3.05, 3.63) is 46.0 Å². The van der Waals surface area contributed by atoms with E-state index in [2.05, 4.69) is 19.9 Å². The maximum Gasteiger partial charge on any atom is 0.335 e. The van der Waals surface area contributed by atoms with E-state index >= 15 is 0 Å². The van der Waals surface area contributed by atoms with Crippen LogP contribution in [0.15, 0.2) is 39.3 Å². The van der Waals surface area contributed by atoms with Gasteiger partial charge in [0.15, 0.2) is 0 Å². The molecule has 3 fully saturated rings. The zero-order chi connectivity index (χ0) is 25.7. The van der Waals surface area contributed by atoms with Crippen molar-refractivity contribution in [3.8, 4) is 0 Å². The average Bonchev–Trinajstić information content (AvgIpc) is 3.11. The minimum Gasteiger partial charge on any atom is -0.481 e. The normalized spacial score (nSPS) is 39.4. The van der Waals surface area contributed by atoms with E-state index in [1.165, 1.54) is 11.6 Å². The second kappa shape index (κ2) is 9.16. The van der Waals surface area contributed by atoms with Crippen molar-refractivity contribution in [1.82, 2.24) is 0 Å². The third kappa shape index (κ3) is 4.04. The van der Waals surface area contributed by atoms with Gasteiger partial charge in [-0.2, -0.15) is 0 Å². The molecule has 1 aromatic rings. The Labute approximate surface area is 211 Å². The minimum absolute atomic E-state index is 0.0101. The number of hydrogen-bond donors (Lipinski definition) is 2. The zero-order valence-corrected chi connectivity index (χ0v) is 21.3. The molecule has 7 heteroatoms. The Hall–Kier alpha value is -2.41. The molecule has 2 N–H and O–H groups in total. The monoisotopic (exact) mass is 498 g/mol. The van der Waals surface area contributed by atoms with Gasteiger partial charge in [0.25, 0.3) is 0 Å². The number of hydrogen-bond acceptors (Lipinski definition) is 6. The van der Waals surface area contributed by atoms with E-state index in [9.17, 15) is 19.5 Å². The predicted octanol–water partition coefficient (Wildman–Crippen LogP) is 4.97. The van der Waals surface area contributed by atoms with Crippen LogP contribution in [0.25, 0.3) is 0 Å². The first-order valence-corrected chi connectivity index (χ1v) is 13.5. The molecule has 7 nitrogen and oxygen atoms in total. The molecule has 4 aliphatic rings. The first kappa shape index (κ1) is 25.2. The summed E-state index contributed by atoms with van der Waals surface area (Å²) in [5, 5.41) is 21.1. The fourth-order valence-corrected chi connectivity index (χ4v) is 8.47. The maximum atomic E-state index is 12.3. The highest BCUT2D eigenvalue weighted by Gasteiger charge is 2.66. The lowest BCUT2D eigenvalue weighted by Gasteiger charge is -2.61. The number of allylic oxidation sites excluding steroid dienone is 1. The van der Waals surface area contributed by atoms with E-state index in [-0.39, 0.29) is 53.2 Å². The number of aliphatic hydroxyl groups is 1. The number of rotatable bonds is 6. The van der Waals surface area contributed by atoms with Crippen molar-refractivity contribution in [2.24, 2.45) is 22.7 Å². The zero-order valence-electron chi connectivity index (χ0n) is 21.3. The van der Waals surface area contributed by atoms with Gasteiger partial charge in [0.05, 0.1) is 11.9 Å². The molecule has 0 radical (unpaired) electrons. The van der Waals surface area contributed by atoms with Crippen LogP contribution < -0.4 is 5.63 Å². The lowest BCUT2D eigenvalue weighted by Crippen LogP contribution is -2.60. The van der Waals surface area contributed by atoms with Crippen LogP contribution >= 0.6 is 0 Å². The van der Waals surface area contributed by atoms with E-state index in [1.54, 1.807) is 6.26 Å². The van der Waals surface area contributed by atoms with Crippen LogP contribution in [0.5, 0.6) is 0 Å².